The van der Waals surface area contributed by atoms with Crippen molar-refractivity contribution in [1.29, 1.82) is 0 Å². The molecule has 0 aliphatic carbocycles. The molecule has 1 heteroatoms. The minimum Gasteiger partial charge on any atom is -0.252 e. The van der Waals surface area contributed by atoms with E-state index >= 15 is 0 Å². The number of unbranched alkanes of at least 4 members (excludes halogenated alkanes) is 1. The molecule has 0 amide bonds. The lowest BCUT2D eigenvalue weighted by molar-refractivity contribution is 0.982. The van der Waals surface area contributed by atoms with E-state index in [9.17, 15) is 0 Å². The van der Waals surface area contributed by atoms with E-state index in [1.54, 1.807) is 0 Å². The Kier molecular flexibility index (Phi) is 3.89. The summed E-state index contributed by atoms with van der Waals surface area (Å²) in [7, 11) is 0. The third-order valence-electron chi connectivity index (χ3n) is 0.463. The molecule has 0 aromatic carbocycles. The Labute approximate surface area is 38.5 Å². The predicted octanol–water partition coefficient (Wildman–Crippen LogP) is 1.03. The lowest BCUT2D eigenvalue weighted by atomic mass is 10.4. The van der Waals surface area contributed by atoms with Gasteiger partial charge in [0.05, 0.1) is 0 Å². The van der Waals surface area contributed by atoms with Crippen LogP contribution >= 0.6 is 0 Å². The van der Waals surface area contributed by atoms with Crippen molar-refractivity contribution in [3.63, 3.8) is 0 Å². The van der Waals surface area contributed by atoms with Crippen LogP contribution in [0.4, 0.5) is 0 Å². The normalized spacial score (nSPS) is 6.17. The third-order valence-corrected chi connectivity index (χ3v) is 0.463. The zero-order chi connectivity index (χ0) is 4.83. The molecule has 0 saturated heterocycles. The molecule has 0 rings (SSSR count). The van der Waals surface area contributed by atoms with Crippen molar-refractivity contribution in [2.45, 2.75) is 19.8 Å². The third kappa shape index (κ3) is 3.36. The standard InChI is InChI=1S/C5H8N/c1-2-3-4-5-6/h6H,2-3H2,1H3. The van der Waals surface area contributed by atoms with Crippen LogP contribution in [0.5, 0.6) is 0 Å². The summed E-state index contributed by atoms with van der Waals surface area (Å²) >= 11 is 0. The molecule has 33 valence electrons. The lowest BCUT2D eigenvalue weighted by Crippen LogP contribution is -1.60. The van der Waals surface area contributed by atoms with Crippen molar-refractivity contribution in [2.24, 2.45) is 0 Å². The molecule has 0 unspecified atom stereocenters. The fraction of sp³-hybridized carbons (Fsp3) is 0.600. The largest absolute Gasteiger partial charge is 0.252 e. The Morgan fingerprint density at radius 3 is 2.50 bits per heavy atom. The highest BCUT2D eigenvalue weighted by molar-refractivity contribution is 4.91. The zero-order valence-corrected chi connectivity index (χ0v) is 3.91. The summed E-state index contributed by atoms with van der Waals surface area (Å²) in [5, 5.41) is 0. The van der Waals surface area contributed by atoms with Crippen molar-refractivity contribution < 1.29 is 0 Å². The maximum Gasteiger partial charge on any atom is 0.0254 e. The van der Waals surface area contributed by atoms with Crippen LogP contribution in [0.15, 0.2) is 0 Å². The fourth-order valence-electron chi connectivity index (χ4n) is 0.187. The molecular formula is C5H8N. The van der Waals surface area contributed by atoms with E-state index in [0.29, 0.717) is 0 Å². The molecule has 6 heavy (non-hydrogen) atoms. The molecule has 1 N–H and O–H groups in total. The average molecular weight is 82.1 g/mol. The highest BCUT2D eigenvalue weighted by Crippen LogP contribution is 1.78. The zero-order valence-electron chi connectivity index (χ0n) is 3.91. The first-order valence-electron chi connectivity index (χ1n) is 2.06. The van der Waals surface area contributed by atoms with E-state index in [-0.39, 0.29) is 0 Å². The smallest absolute Gasteiger partial charge is 0.0254 e. The molecule has 0 aliphatic rings. The molecule has 0 aromatic heterocycles. The van der Waals surface area contributed by atoms with Gasteiger partial charge in [-0.2, -0.15) is 0 Å². The topological polar surface area (TPSA) is 23.8 Å². The van der Waals surface area contributed by atoms with Gasteiger partial charge < -0.3 is 0 Å². The molecule has 0 heterocycles. The highest BCUT2D eigenvalue weighted by Gasteiger charge is 1.64. The second-order valence-corrected chi connectivity index (χ2v) is 1.05. The monoisotopic (exact) mass is 82.1 g/mol. The quantitative estimate of drug-likeness (QED) is 0.422. The van der Waals surface area contributed by atoms with E-state index in [2.05, 4.69) is 12.0 Å². The minimum absolute atomic E-state index is 0.865. The first-order chi connectivity index (χ1) is 2.91. The van der Waals surface area contributed by atoms with Gasteiger partial charge in [-0.15, -0.1) is 0 Å². The van der Waals surface area contributed by atoms with Crippen LogP contribution in [0, 0.1) is 12.0 Å². The molecule has 1 nitrogen and oxygen atoms in total. The summed E-state index contributed by atoms with van der Waals surface area (Å²) in [6.07, 6.45) is 1.93. The summed E-state index contributed by atoms with van der Waals surface area (Å²) in [6.45, 7) is 2.05. The van der Waals surface area contributed by atoms with Gasteiger partial charge >= 0.3 is 0 Å². The summed E-state index contributed by atoms with van der Waals surface area (Å²) in [4.78, 5) is 0. The van der Waals surface area contributed by atoms with E-state index in [1.807, 2.05) is 6.92 Å². The summed E-state index contributed by atoms with van der Waals surface area (Å²) in [5.74, 6) is 2.61. The first kappa shape index (κ1) is 5.36. The Morgan fingerprint density at radius 1 is 1.67 bits per heavy atom. The SMILES string of the molecule is CCCC#C[NH]. The van der Waals surface area contributed by atoms with Gasteiger partial charge in [0, 0.05) is 12.5 Å². The second kappa shape index (κ2) is 4.36. The van der Waals surface area contributed by atoms with Gasteiger partial charge in [-0.3, -0.25) is 5.73 Å². The Bertz CT molecular complexity index is 65.7. The Morgan fingerprint density at radius 2 is 2.33 bits per heavy atom. The van der Waals surface area contributed by atoms with Crippen molar-refractivity contribution >= 4 is 0 Å². The molecule has 0 aromatic rings. The number of nitrogens with one attached hydrogen (secondary N) is 1. The van der Waals surface area contributed by atoms with Crippen LogP contribution in [0.25, 0.3) is 0 Å². The minimum atomic E-state index is 0.865. The molecular weight excluding hydrogens is 74.1 g/mol. The van der Waals surface area contributed by atoms with Crippen LogP contribution in [-0.4, -0.2) is 0 Å². The first-order valence-corrected chi connectivity index (χ1v) is 2.06. The molecule has 0 atom stereocenters. The molecule has 0 fully saturated rings. The maximum atomic E-state index is 6.34. The summed E-state index contributed by atoms with van der Waals surface area (Å²) in [6, 6.07) is 2.07. The van der Waals surface area contributed by atoms with Crippen molar-refractivity contribution in [1.82, 2.24) is 5.73 Å². The number of hydrogen-bond donors (Lipinski definition) is 0. The molecule has 1 radical (unpaired) electrons. The van der Waals surface area contributed by atoms with Crippen LogP contribution in [0.1, 0.15) is 19.8 Å². The van der Waals surface area contributed by atoms with E-state index in [4.69, 9.17) is 5.73 Å². The van der Waals surface area contributed by atoms with Crippen LogP contribution in [0.2, 0.25) is 0 Å². The van der Waals surface area contributed by atoms with Crippen LogP contribution < -0.4 is 5.73 Å². The second-order valence-electron chi connectivity index (χ2n) is 1.05. The fourth-order valence-corrected chi connectivity index (χ4v) is 0.187. The van der Waals surface area contributed by atoms with E-state index in [0.717, 1.165) is 12.8 Å². The highest BCUT2D eigenvalue weighted by atomic mass is 14.4. The predicted molar refractivity (Wildman–Crippen MR) is 25.8 cm³/mol. The molecule has 0 saturated carbocycles. The Balaban J connectivity index is 2.79. The number of rotatable bonds is 1. The van der Waals surface area contributed by atoms with Gasteiger partial charge in [0.25, 0.3) is 0 Å². The van der Waals surface area contributed by atoms with E-state index in [1.165, 1.54) is 0 Å². The van der Waals surface area contributed by atoms with Crippen molar-refractivity contribution in [2.75, 3.05) is 0 Å². The summed E-state index contributed by atoms with van der Waals surface area (Å²) in [5.41, 5.74) is 6.34. The van der Waals surface area contributed by atoms with Gasteiger partial charge in [-0.05, 0) is 6.42 Å². The van der Waals surface area contributed by atoms with Crippen molar-refractivity contribution in [3.05, 3.63) is 0 Å². The van der Waals surface area contributed by atoms with Gasteiger partial charge in [-0.1, -0.05) is 12.8 Å². The molecule has 0 bridgehead atoms. The average Bonchev–Trinajstić information content (AvgIpc) is 1.61. The van der Waals surface area contributed by atoms with Crippen molar-refractivity contribution in [3.8, 4) is 12.0 Å². The Hall–Kier alpha value is -0.640. The molecule has 0 aliphatic heterocycles. The van der Waals surface area contributed by atoms with Gasteiger partial charge in [0.1, 0.15) is 0 Å². The van der Waals surface area contributed by atoms with E-state index < -0.39 is 0 Å². The van der Waals surface area contributed by atoms with Gasteiger partial charge in [0.2, 0.25) is 0 Å². The van der Waals surface area contributed by atoms with Crippen LogP contribution in [-0.2, 0) is 0 Å². The lowest BCUT2D eigenvalue weighted by Gasteiger charge is -1.70. The number of hydrogen-bond acceptors (Lipinski definition) is 0. The van der Waals surface area contributed by atoms with Gasteiger partial charge in [0.15, 0.2) is 0 Å². The maximum absolute atomic E-state index is 6.34. The van der Waals surface area contributed by atoms with Gasteiger partial charge in [-0.25, -0.2) is 0 Å². The molecule has 0 spiro atoms. The summed E-state index contributed by atoms with van der Waals surface area (Å²) < 4.78 is 0. The van der Waals surface area contributed by atoms with Crippen LogP contribution in [0.3, 0.4) is 0 Å².